The molecular weight excluding hydrogens is 360 g/mol. The van der Waals surface area contributed by atoms with E-state index in [1.165, 1.54) is 10.8 Å². The summed E-state index contributed by atoms with van der Waals surface area (Å²) >= 11 is 0. The Morgan fingerprint density at radius 2 is 1.93 bits per heavy atom. The van der Waals surface area contributed by atoms with Crippen LogP contribution in [-0.2, 0) is 16.1 Å². The molecule has 0 amide bonds. The normalized spacial score (nSPS) is 26.6. The summed E-state index contributed by atoms with van der Waals surface area (Å²) < 4.78 is 13.8. The van der Waals surface area contributed by atoms with Crippen molar-refractivity contribution in [3.63, 3.8) is 0 Å². The molecule has 2 aliphatic rings. The van der Waals surface area contributed by atoms with E-state index >= 15 is 0 Å². The van der Waals surface area contributed by atoms with Crippen LogP contribution in [-0.4, -0.2) is 32.5 Å². The quantitative estimate of drug-likeness (QED) is 0.839. The number of benzene rings is 1. The van der Waals surface area contributed by atoms with Crippen LogP contribution in [0.5, 0.6) is 0 Å². The van der Waals surface area contributed by atoms with Crippen molar-refractivity contribution in [2.45, 2.75) is 69.7 Å². The Morgan fingerprint density at radius 1 is 1.21 bits per heavy atom. The van der Waals surface area contributed by atoms with Crippen molar-refractivity contribution in [1.29, 1.82) is 0 Å². The van der Waals surface area contributed by atoms with Crippen molar-refractivity contribution < 1.29 is 14.6 Å². The van der Waals surface area contributed by atoms with Crippen LogP contribution in [0.3, 0.4) is 0 Å². The van der Waals surface area contributed by atoms with Gasteiger partial charge in [0.15, 0.2) is 6.23 Å². The number of rotatable bonds is 4. The van der Waals surface area contributed by atoms with E-state index in [4.69, 9.17) is 9.47 Å². The molecule has 1 saturated heterocycles. The predicted molar refractivity (Wildman–Crippen MR) is 103 cm³/mol. The molecule has 2 heterocycles. The van der Waals surface area contributed by atoms with E-state index in [0.717, 1.165) is 37.7 Å². The fourth-order valence-corrected chi connectivity index (χ4v) is 4.40. The van der Waals surface area contributed by atoms with Gasteiger partial charge in [-0.15, -0.1) is 0 Å². The molecule has 2 fully saturated rings. The maximum Gasteiger partial charge on any atom is 0.330 e. The third-order valence-corrected chi connectivity index (χ3v) is 5.87. The first-order valence-corrected chi connectivity index (χ1v) is 9.84. The van der Waals surface area contributed by atoms with Gasteiger partial charge in [-0.25, -0.2) is 4.79 Å². The lowest BCUT2D eigenvalue weighted by Gasteiger charge is -2.37. The zero-order valence-corrected chi connectivity index (χ0v) is 16.0. The molecule has 1 aliphatic heterocycles. The predicted octanol–water partition coefficient (Wildman–Crippen LogP) is 2.02. The first-order chi connectivity index (χ1) is 13.5. The van der Waals surface area contributed by atoms with Gasteiger partial charge in [0, 0.05) is 11.8 Å². The summed E-state index contributed by atoms with van der Waals surface area (Å²) in [5.41, 5.74) is -0.240. The van der Waals surface area contributed by atoms with Crippen LogP contribution in [0.1, 0.15) is 49.5 Å². The Balaban J connectivity index is 1.65. The SMILES string of the molecule is Cc1cn([C@@H]2OC3(CCCCC3)[C@H](OCc3ccccc3)[C@@H]2O)c(=O)[nH]c1=O. The Kier molecular flexibility index (Phi) is 5.23. The summed E-state index contributed by atoms with van der Waals surface area (Å²) in [6.45, 7) is 1.98. The van der Waals surface area contributed by atoms with Gasteiger partial charge in [-0.05, 0) is 25.3 Å². The average Bonchev–Trinajstić information content (AvgIpc) is 2.95. The molecule has 1 aromatic carbocycles. The Morgan fingerprint density at radius 3 is 2.64 bits per heavy atom. The lowest BCUT2D eigenvalue weighted by Crippen LogP contribution is -2.46. The van der Waals surface area contributed by atoms with Gasteiger partial charge >= 0.3 is 5.69 Å². The highest BCUT2D eigenvalue weighted by Crippen LogP contribution is 2.47. The first kappa shape index (κ1) is 19.1. The molecule has 7 nitrogen and oxygen atoms in total. The Labute approximate surface area is 162 Å². The van der Waals surface area contributed by atoms with Gasteiger partial charge in [0.05, 0.1) is 12.2 Å². The van der Waals surface area contributed by atoms with Crippen LogP contribution in [0.15, 0.2) is 46.1 Å². The maximum absolute atomic E-state index is 12.4. The van der Waals surface area contributed by atoms with Crippen molar-refractivity contribution >= 4 is 0 Å². The van der Waals surface area contributed by atoms with Crippen molar-refractivity contribution in [2.24, 2.45) is 0 Å². The average molecular weight is 386 g/mol. The van der Waals surface area contributed by atoms with Crippen molar-refractivity contribution in [3.05, 3.63) is 68.5 Å². The van der Waals surface area contributed by atoms with Gasteiger partial charge in [0.25, 0.3) is 5.56 Å². The topological polar surface area (TPSA) is 93.6 Å². The number of aliphatic hydroxyl groups excluding tert-OH is 1. The number of H-pyrrole nitrogens is 1. The molecule has 1 aliphatic carbocycles. The van der Waals surface area contributed by atoms with Gasteiger partial charge < -0.3 is 14.6 Å². The molecule has 2 N–H and O–H groups in total. The zero-order chi connectivity index (χ0) is 19.7. The number of nitrogens with one attached hydrogen (secondary N) is 1. The second-order valence-electron chi connectivity index (χ2n) is 7.82. The number of aryl methyl sites for hydroxylation is 1. The number of nitrogens with zero attached hydrogens (tertiary/aromatic N) is 1. The van der Waals surface area contributed by atoms with E-state index in [1.807, 2.05) is 30.3 Å². The molecule has 1 aromatic heterocycles. The molecule has 28 heavy (non-hydrogen) atoms. The van der Waals surface area contributed by atoms with Gasteiger partial charge in [-0.2, -0.15) is 0 Å². The number of aromatic amines is 1. The number of hydrogen-bond donors (Lipinski definition) is 2. The summed E-state index contributed by atoms with van der Waals surface area (Å²) in [6, 6.07) is 9.79. The Bertz CT molecular complexity index is 930. The van der Waals surface area contributed by atoms with Crippen LogP contribution < -0.4 is 11.2 Å². The third-order valence-electron chi connectivity index (χ3n) is 5.87. The molecule has 3 atom stereocenters. The van der Waals surface area contributed by atoms with E-state index < -0.39 is 35.3 Å². The summed E-state index contributed by atoms with van der Waals surface area (Å²) in [4.78, 5) is 26.4. The summed E-state index contributed by atoms with van der Waals surface area (Å²) in [7, 11) is 0. The van der Waals surface area contributed by atoms with Crippen LogP contribution in [0.4, 0.5) is 0 Å². The first-order valence-electron chi connectivity index (χ1n) is 9.84. The second-order valence-corrected chi connectivity index (χ2v) is 7.82. The van der Waals surface area contributed by atoms with Gasteiger partial charge in [-0.1, -0.05) is 49.6 Å². The summed E-state index contributed by atoms with van der Waals surface area (Å²) in [5, 5.41) is 11.1. The van der Waals surface area contributed by atoms with E-state index in [-0.39, 0.29) is 0 Å². The molecule has 0 radical (unpaired) electrons. The van der Waals surface area contributed by atoms with Crippen LogP contribution in [0.25, 0.3) is 0 Å². The fraction of sp³-hybridized carbons (Fsp3) is 0.524. The van der Waals surface area contributed by atoms with Crippen LogP contribution in [0.2, 0.25) is 0 Å². The third kappa shape index (κ3) is 3.45. The number of aliphatic hydroxyl groups is 1. The molecule has 1 spiro atoms. The molecule has 150 valence electrons. The van der Waals surface area contributed by atoms with Gasteiger partial charge in [-0.3, -0.25) is 14.3 Å². The Hall–Kier alpha value is -2.22. The lowest BCUT2D eigenvalue weighted by molar-refractivity contribution is -0.138. The highest BCUT2D eigenvalue weighted by molar-refractivity contribution is 5.14. The minimum absolute atomic E-state index is 0.361. The van der Waals surface area contributed by atoms with Gasteiger partial charge in [0.2, 0.25) is 0 Å². The largest absolute Gasteiger partial charge is 0.386 e. The minimum atomic E-state index is -1.01. The van der Waals surface area contributed by atoms with E-state index in [0.29, 0.717) is 12.2 Å². The standard InChI is InChI=1S/C21H26N2O5/c1-14-12-23(20(26)22-18(14)25)19-16(24)17(21(28-19)10-6-3-7-11-21)27-13-15-8-4-2-5-9-15/h2,4-5,8-9,12,16-17,19,24H,3,6-7,10-11,13H2,1H3,(H,22,25,26)/t16-,17+,19+/m0/s1. The fourth-order valence-electron chi connectivity index (χ4n) is 4.40. The molecule has 0 unspecified atom stereocenters. The smallest absolute Gasteiger partial charge is 0.330 e. The molecule has 4 rings (SSSR count). The van der Waals surface area contributed by atoms with Crippen molar-refractivity contribution in [1.82, 2.24) is 9.55 Å². The number of ether oxygens (including phenoxy) is 2. The molecule has 1 saturated carbocycles. The minimum Gasteiger partial charge on any atom is -0.386 e. The van der Waals surface area contributed by atoms with Crippen LogP contribution >= 0.6 is 0 Å². The van der Waals surface area contributed by atoms with Gasteiger partial charge in [0.1, 0.15) is 12.2 Å². The summed E-state index contributed by atoms with van der Waals surface area (Å²) in [6.07, 6.45) is 3.66. The van der Waals surface area contributed by atoms with Crippen molar-refractivity contribution in [3.8, 4) is 0 Å². The lowest BCUT2D eigenvalue weighted by atomic mass is 9.80. The summed E-state index contributed by atoms with van der Waals surface area (Å²) in [5.74, 6) is 0. The molecular formula is C21H26N2O5. The highest BCUT2D eigenvalue weighted by Gasteiger charge is 2.56. The van der Waals surface area contributed by atoms with E-state index in [1.54, 1.807) is 6.92 Å². The highest BCUT2D eigenvalue weighted by atomic mass is 16.6. The zero-order valence-electron chi connectivity index (χ0n) is 16.0. The molecule has 0 bridgehead atoms. The monoisotopic (exact) mass is 386 g/mol. The van der Waals surface area contributed by atoms with E-state index in [9.17, 15) is 14.7 Å². The van der Waals surface area contributed by atoms with E-state index in [2.05, 4.69) is 4.98 Å². The maximum atomic E-state index is 12.4. The molecule has 2 aromatic rings. The van der Waals surface area contributed by atoms with Crippen LogP contribution in [0, 0.1) is 6.92 Å². The number of aromatic nitrogens is 2. The second kappa shape index (κ2) is 7.66. The molecule has 7 heteroatoms. The number of hydrogen-bond acceptors (Lipinski definition) is 5. The van der Waals surface area contributed by atoms with Crippen molar-refractivity contribution in [2.75, 3.05) is 0 Å².